The molecule has 2 aromatic rings. The van der Waals surface area contributed by atoms with Crippen molar-refractivity contribution in [3.63, 3.8) is 0 Å². The van der Waals surface area contributed by atoms with E-state index in [-0.39, 0.29) is 36.6 Å². The number of hydrogen-bond donors (Lipinski definition) is 2. The van der Waals surface area contributed by atoms with E-state index in [9.17, 15) is 14.0 Å². The minimum absolute atomic E-state index is 0.147. The predicted octanol–water partition coefficient (Wildman–Crippen LogP) is 3.08. The van der Waals surface area contributed by atoms with Crippen LogP contribution in [0.25, 0.3) is 0 Å². The standard InChI is InChI=1S/C17H19FN2O2S/c1-11-5-6-13(8-14(11)18)10-19-17(22)9-15(20-12(2)21)16-4-3-7-23-16/h3-8,15H,9-10H2,1-2H3,(H,19,22)(H,20,21)/t15-/m1/s1. The summed E-state index contributed by atoms with van der Waals surface area (Å²) in [7, 11) is 0. The third kappa shape index (κ3) is 5.17. The molecule has 0 saturated heterocycles. The molecule has 0 saturated carbocycles. The average molecular weight is 334 g/mol. The SMILES string of the molecule is CC(=O)N[C@H](CC(=O)NCc1ccc(C)c(F)c1)c1cccs1. The van der Waals surface area contributed by atoms with Crippen LogP contribution in [0, 0.1) is 12.7 Å². The maximum Gasteiger partial charge on any atom is 0.222 e. The van der Waals surface area contributed by atoms with Crippen LogP contribution in [-0.2, 0) is 16.1 Å². The summed E-state index contributed by atoms with van der Waals surface area (Å²) in [5.41, 5.74) is 1.28. The summed E-state index contributed by atoms with van der Waals surface area (Å²) in [6, 6.07) is 8.30. The number of benzene rings is 1. The lowest BCUT2D eigenvalue weighted by molar-refractivity contribution is -0.122. The van der Waals surface area contributed by atoms with Gasteiger partial charge in [0.25, 0.3) is 0 Å². The molecule has 0 aliphatic heterocycles. The van der Waals surface area contributed by atoms with Crippen LogP contribution in [0.15, 0.2) is 35.7 Å². The minimum Gasteiger partial charge on any atom is -0.352 e. The molecular weight excluding hydrogens is 315 g/mol. The van der Waals surface area contributed by atoms with E-state index >= 15 is 0 Å². The fourth-order valence-electron chi connectivity index (χ4n) is 2.16. The van der Waals surface area contributed by atoms with E-state index in [1.165, 1.54) is 24.3 Å². The quantitative estimate of drug-likeness (QED) is 0.853. The first kappa shape index (κ1) is 17.1. The Balaban J connectivity index is 1.93. The summed E-state index contributed by atoms with van der Waals surface area (Å²) in [6.45, 7) is 3.37. The zero-order chi connectivity index (χ0) is 16.8. The van der Waals surface area contributed by atoms with Crippen LogP contribution < -0.4 is 10.6 Å². The van der Waals surface area contributed by atoms with Gasteiger partial charge in [-0.2, -0.15) is 0 Å². The number of aryl methyl sites for hydroxylation is 1. The number of thiophene rings is 1. The Hall–Kier alpha value is -2.21. The third-order valence-corrected chi connectivity index (χ3v) is 4.37. The molecule has 0 unspecified atom stereocenters. The van der Waals surface area contributed by atoms with Crippen molar-refractivity contribution in [1.82, 2.24) is 10.6 Å². The highest BCUT2D eigenvalue weighted by Gasteiger charge is 2.17. The van der Waals surface area contributed by atoms with Crippen molar-refractivity contribution in [1.29, 1.82) is 0 Å². The molecule has 0 fully saturated rings. The lowest BCUT2D eigenvalue weighted by Crippen LogP contribution is -2.32. The molecule has 0 radical (unpaired) electrons. The van der Waals surface area contributed by atoms with Crippen molar-refractivity contribution in [3.8, 4) is 0 Å². The van der Waals surface area contributed by atoms with Gasteiger partial charge in [0.2, 0.25) is 11.8 Å². The molecule has 1 aromatic heterocycles. The van der Waals surface area contributed by atoms with Crippen molar-refractivity contribution in [2.75, 3.05) is 0 Å². The Kier molecular flexibility index (Phi) is 5.87. The number of nitrogens with one attached hydrogen (secondary N) is 2. The first-order valence-electron chi connectivity index (χ1n) is 7.28. The van der Waals surface area contributed by atoms with Gasteiger partial charge in [-0.05, 0) is 35.6 Å². The second kappa shape index (κ2) is 7.87. The zero-order valence-electron chi connectivity index (χ0n) is 13.1. The molecule has 0 aliphatic carbocycles. The van der Waals surface area contributed by atoms with Gasteiger partial charge in [-0.3, -0.25) is 9.59 Å². The smallest absolute Gasteiger partial charge is 0.222 e. The van der Waals surface area contributed by atoms with Crippen LogP contribution in [0.1, 0.15) is 35.4 Å². The molecule has 4 nitrogen and oxygen atoms in total. The molecule has 2 amide bonds. The summed E-state index contributed by atoms with van der Waals surface area (Å²) in [6.07, 6.45) is 0.147. The topological polar surface area (TPSA) is 58.2 Å². The van der Waals surface area contributed by atoms with Gasteiger partial charge in [0.1, 0.15) is 5.82 Å². The first-order valence-corrected chi connectivity index (χ1v) is 8.16. The molecule has 0 aliphatic rings. The molecule has 2 rings (SSSR count). The number of hydrogen-bond acceptors (Lipinski definition) is 3. The molecule has 0 bridgehead atoms. The van der Waals surface area contributed by atoms with Gasteiger partial charge in [0.05, 0.1) is 12.5 Å². The van der Waals surface area contributed by atoms with Crippen molar-refractivity contribution < 1.29 is 14.0 Å². The molecule has 1 atom stereocenters. The molecule has 23 heavy (non-hydrogen) atoms. The van der Waals surface area contributed by atoms with E-state index in [0.29, 0.717) is 11.1 Å². The third-order valence-electron chi connectivity index (χ3n) is 3.38. The summed E-state index contributed by atoms with van der Waals surface area (Å²) in [5, 5.41) is 7.44. The second-order valence-corrected chi connectivity index (χ2v) is 6.31. The fourth-order valence-corrected chi connectivity index (χ4v) is 2.94. The predicted molar refractivity (Wildman–Crippen MR) is 88.5 cm³/mol. The van der Waals surface area contributed by atoms with Gasteiger partial charge in [0, 0.05) is 18.3 Å². The largest absolute Gasteiger partial charge is 0.352 e. The van der Waals surface area contributed by atoms with E-state index in [2.05, 4.69) is 10.6 Å². The Morgan fingerprint density at radius 2 is 2.09 bits per heavy atom. The van der Waals surface area contributed by atoms with Crippen LogP contribution in [0.3, 0.4) is 0 Å². The second-order valence-electron chi connectivity index (χ2n) is 5.33. The molecule has 0 spiro atoms. The number of carbonyl (C=O) groups is 2. The minimum atomic E-state index is -0.345. The average Bonchev–Trinajstić information content (AvgIpc) is 3.01. The number of halogens is 1. The van der Waals surface area contributed by atoms with Gasteiger partial charge in [-0.15, -0.1) is 11.3 Å². The molecule has 1 aromatic carbocycles. The van der Waals surface area contributed by atoms with Crippen molar-refractivity contribution in [2.45, 2.75) is 32.9 Å². The molecule has 2 N–H and O–H groups in total. The molecular formula is C17H19FN2O2S. The lowest BCUT2D eigenvalue weighted by atomic mass is 10.1. The van der Waals surface area contributed by atoms with Gasteiger partial charge in [-0.25, -0.2) is 4.39 Å². The molecule has 1 heterocycles. The van der Waals surface area contributed by atoms with Gasteiger partial charge in [0.15, 0.2) is 0 Å². The summed E-state index contributed by atoms with van der Waals surface area (Å²) < 4.78 is 13.5. The zero-order valence-corrected chi connectivity index (χ0v) is 13.9. The number of rotatable bonds is 6. The summed E-state index contributed by atoms with van der Waals surface area (Å²) >= 11 is 1.49. The Morgan fingerprint density at radius 1 is 1.30 bits per heavy atom. The van der Waals surface area contributed by atoms with E-state index in [4.69, 9.17) is 0 Å². The maximum absolute atomic E-state index is 13.5. The van der Waals surface area contributed by atoms with Crippen LogP contribution in [-0.4, -0.2) is 11.8 Å². The van der Waals surface area contributed by atoms with E-state index in [1.807, 2.05) is 17.5 Å². The van der Waals surface area contributed by atoms with Crippen LogP contribution in [0.2, 0.25) is 0 Å². The highest BCUT2D eigenvalue weighted by Crippen LogP contribution is 2.22. The van der Waals surface area contributed by atoms with Crippen molar-refractivity contribution in [2.24, 2.45) is 0 Å². The van der Waals surface area contributed by atoms with Crippen LogP contribution >= 0.6 is 11.3 Å². The van der Waals surface area contributed by atoms with Gasteiger partial charge >= 0.3 is 0 Å². The van der Waals surface area contributed by atoms with E-state index in [0.717, 1.165) is 4.88 Å². The first-order chi connectivity index (χ1) is 11.0. The lowest BCUT2D eigenvalue weighted by Gasteiger charge is -2.16. The Morgan fingerprint density at radius 3 is 2.70 bits per heavy atom. The van der Waals surface area contributed by atoms with Crippen molar-refractivity contribution in [3.05, 3.63) is 57.5 Å². The Bertz CT molecular complexity index is 686. The maximum atomic E-state index is 13.5. The highest BCUT2D eigenvalue weighted by molar-refractivity contribution is 7.10. The van der Waals surface area contributed by atoms with Crippen LogP contribution in [0.5, 0.6) is 0 Å². The van der Waals surface area contributed by atoms with Crippen molar-refractivity contribution >= 4 is 23.2 Å². The summed E-state index contributed by atoms with van der Waals surface area (Å²) in [5.74, 6) is -0.665. The van der Waals surface area contributed by atoms with Gasteiger partial charge in [-0.1, -0.05) is 18.2 Å². The molecule has 122 valence electrons. The van der Waals surface area contributed by atoms with E-state index in [1.54, 1.807) is 19.1 Å². The molecule has 6 heteroatoms. The normalized spacial score (nSPS) is 11.8. The highest BCUT2D eigenvalue weighted by atomic mass is 32.1. The van der Waals surface area contributed by atoms with E-state index < -0.39 is 0 Å². The fraction of sp³-hybridized carbons (Fsp3) is 0.294. The number of carbonyl (C=O) groups excluding carboxylic acids is 2. The monoisotopic (exact) mass is 334 g/mol. The van der Waals surface area contributed by atoms with Crippen LogP contribution in [0.4, 0.5) is 4.39 Å². The van der Waals surface area contributed by atoms with Gasteiger partial charge < -0.3 is 10.6 Å². The Labute approximate surface area is 138 Å². The summed E-state index contributed by atoms with van der Waals surface area (Å²) in [4.78, 5) is 24.3. The number of amides is 2.